The quantitative estimate of drug-likeness (QED) is 0.666. The van der Waals surface area contributed by atoms with Crippen LogP contribution in [-0.4, -0.2) is 51.2 Å². The van der Waals surface area contributed by atoms with Crippen molar-refractivity contribution in [2.45, 2.75) is 0 Å². The standard InChI is InChI=1S/C21H21ClN2O5/c1-27-11-10-24-20(25)18(13-4-6-14(22)7-5-13)19(21(24)26)23-16-12-15(28-2)8-9-17(16)29-3/h4-9,12,23H,10-11H2,1-3H3. The van der Waals surface area contributed by atoms with Crippen LogP contribution >= 0.6 is 11.6 Å². The lowest BCUT2D eigenvalue weighted by molar-refractivity contribution is -0.137. The topological polar surface area (TPSA) is 77.1 Å². The Bertz CT molecular complexity index is 956. The molecule has 152 valence electrons. The molecule has 2 aromatic rings. The van der Waals surface area contributed by atoms with Gasteiger partial charge < -0.3 is 19.5 Å². The number of carbonyl (C=O) groups excluding carboxylic acids is 2. The first-order valence-electron chi connectivity index (χ1n) is 8.84. The fourth-order valence-electron chi connectivity index (χ4n) is 3.01. The highest BCUT2D eigenvalue weighted by molar-refractivity contribution is 6.37. The smallest absolute Gasteiger partial charge is 0.278 e. The molecule has 0 aromatic heterocycles. The first-order valence-corrected chi connectivity index (χ1v) is 9.22. The summed E-state index contributed by atoms with van der Waals surface area (Å²) < 4.78 is 15.7. The minimum Gasteiger partial charge on any atom is -0.497 e. The monoisotopic (exact) mass is 416 g/mol. The number of imide groups is 1. The van der Waals surface area contributed by atoms with E-state index in [1.165, 1.54) is 14.2 Å². The van der Waals surface area contributed by atoms with Crippen molar-refractivity contribution >= 4 is 34.7 Å². The number of methoxy groups -OCH3 is 3. The summed E-state index contributed by atoms with van der Waals surface area (Å²) in [5, 5.41) is 3.61. The molecule has 0 bridgehead atoms. The molecule has 0 saturated heterocycles. The maximum Gasteiger partial charge on any atom is 0.278 e. The Labute approximate surface area is 173 Å². The zero-order valence-corrected chi connectivity index (χ0v) is 17.1. The van der Waals surface area contributed by atoms with Gasteiger partial charge in [-0.15, -0.1) is 0 Å². The van der Waals surface area contributed by atoms with E-state index < -0.39 is 11.8 Å². The summed E-state index contributed by atoms with van der Waals surface area (Å²) >= 11 is 5.98. The Kier molecular flexibility index (Phi) is 6.41. The van der Waals surface area contributed by atoms with Crippen LogP contribution in [0.2, 0.25) is 5.02 Å². The largest absolute Gasteiger partial charge is 0.497 e. The number of nitrogens with zero attached hydrogens (tertiary/aromatic N) is 1. The van der Waals surface area contributed by atoms with Crippen LogP contribution in [0.3, 0.4) is 0 Å². The highest BCUT2D eigenvalue weighted by atomic mass is 35.5. The molecule has 0 fully saturated rings. The maximum atomic E-state index is 13.1. The van der Waals surface area contributed by atoms with Crippen molar-refractivity contribution in [1.82, 2.24) is 4.90 Å². The van der Waals surface area contributed by atoms with E-state index in [-0.39, 0.29) is 24.4 Å². The fraction of sp³-hybridized carbons (Fsp3) is 0.238. The average Bonchev–Trinajstić information content (AvgIpc) is 2.96. The second-order valence-electron chi connectivity index (χ2n) is 6.20. The van der Waals surface area contributed by atoms with Crippen LogP contribution in [0.5, 0.6) is 11.5 Å². The minimum absolute atomic E-state index is 0.145. The Balaban J connectivity index is 2.08. The lowest BCUT2D eigenvalue weighted by Gasteiger charge is -2.15. The number of benzene rings is 2. The molecule has 0 radical (unpaired) electrons. The van der Waals surface area contributed by atoms with Crippen molar-refractivity contribution in [3.63, 3.8) is 0 Å². The molecule has 8 heteroatoms. The number of amides is 2. The molecule has 3 rings (SSSR count). The normalized spacial score (nSPS) is 13.9. The third-order valence-electron chi connectivity index (χ3n) is 4.49. The van der Waals surface area contributed by atoms with Crippen molar-refractivity contribution in [1.29, 1.82) is 0 Å². The summed E-state index contributed by atoms with van der Waals surface area (Å²) in [5.74, 6) is 0.236. The molecule has 0 spiro atoms. The summed E-state index contributed by atoms with van der Waals surface area (Å²) in [7, 11) is 4.58. The molecule has 2 aromatic carbocycles. The zero-order valence-electron chi connectivity index (χ0n) is 16.3. The van der Waals surface area contributed by atoms with E-state index in [0.717, 1.165) is 4.90 Å². The molecule has 0 aliphatic carbocycles. The molecule has 0 unspecified atom stereocenters. The molecule has 29 heavy (non-hydrogen) atoms. The molecule has 7 nitrogen and oxygen atoms in total. The first kappa shape index (κ1) is 20.7. The van der Waals surface area contributed by atoms with Gasteiger partial charge in [0.05, 0.1) is 38.6 Å². The molecular formula is C21H21ClN2O5. The van der Waals surface area contributed by atoms with Crippen LogP contribution < -0.4 is 14.8 Å². The van der Waals surface area contributed by atoms with E-state index in [9.17, 15) is 9.59 Å². The molecular weight excluding hydrogens is 396 g/mol. The van der Waals surface area contributed by atoms with Gasteiger partial charge in [-0.1, -0.05) is 23.7 Å². The maximum absolute atomic E-state index is 13.1. The Morgan fingerprint density at radius 1 is 0.966 bits per heavy atom. The van der Waals surface area contributed by atoms with Crippen molar-refractivity contribution in [2.24, 2.45) is 0 Å². The van der Waals surface area contributed by atoms with Crippen LogP contribution in [0.1, 0.15) is 5.56 Å². The van der Waals surface area contributed by atoms with E-state index in [4.69, 9.17) is 25.8 Å². The van der Waals surface area contributed by atoms with Crippen LogP contribution in [0, 0.1) is 0 Å². The molecule has 1 N–H and O–H groups in total. The summed E-state index contributed by atoms with van der Waals surface area (Å²) in [6, 6.07) is 11.9. The number of hydrogen-bond donors (Lipinski definition) is 1. The summed E-state index contributed by atoms with van der Waals surface area (Å²) in [4.78, 5) is 27.3. The zero-order chi connectivity index (χ0) is 21.0. The number of hydrogen-bond acceptors (Lipinski definition) is 6. The van der Waals surface area contributed by atoms with E-state index in [0.29, 0.717) is 27.8 Å². The molecule has 0 saturated carbocycles. The fourth-order valence-corrected chi connectivity index (χ4v) is 3.13. The highest BCUT2D eigenvalue weighted by Crippen LogP contribution is 2.35. The van der Waals surface area contributed by atoms with Gasteiger partial charge >= 0.3 is 0 Å². The van der Waals surface area contributed by atoms with E-state index in [2.05, 4.69) is 5.32 Å². The third kappa shape index (κ3) is 4.21. The molecule has 1 heterocycles. The van der Waals surface area contributed by atoms with Crippen LogP contribution in [0.4, 0.5) is 5.69 Å². The lowest BCUT2D eigenvalue weighted by atomic mass is 10.0. The molecule has 1 aliphatic heterocycles. The molecule has 1 aliphatic rings. The van der Waals surface area contributed by atoms with Crippen LogP contribution in [-0.2, 0) is 14.3 Å². The summed E-state index contributed by atoms with van der Waals surface area (Å²) in [6.07, 6.45) is 0. The Morgan fingerprint density at radius 2 is 1.69 bits per heavy atom. The number of nitrogens with one attached hydrogen (secondary N) is 1. The van der Waals surface area contributed by atoms with Crippen molar-refractivity contribution < 1.29 is 23.8 Å². The SMILES string of the molecule is COCCN1C(=O)C(Nc2cc(OC)ccc2OC)=C(c2ccc(Cl)cc2)C1=O. The Hall–Kier alpha value is -3.03. The highest BCUT2D eigenvalue weighted by Gasteiger charge is 2.39. The molecule has 0 atom stereocenters. The van der Waals surface area contributed by atoms with Gasteiger partial charge in [0.1, 0.15) is 17.2 Å². The predicted octanol–water partition coefficient (Wildman–Crippen LogP) is 3.20. The van der Waals surface area contributed by atoms with Gasteiger partial charge in [-0.05, 0) is 29.8 Å². The van der Waals surface area contributed by atoms with Crippen LogP contribution in [0.15, 0.2) is 48.2 Å². The average molecular weight is 417 g/mol. The van der Waals surface area contributed by atoms with Gasteiger partial charge in [-0.2, -0.15) is 0 Å². The van der Waals surface area contributed by atoms with E-state index in [1.54, 1.807) is 49.6 Å². The predicted molar refractivity (Wildman–Crippen MR) is 110 cm³/mol. The van der Waals surface area contributed by atoms with Gasteiger partial charge in [0.15, 0.2) is 0 Å². The van der Waals surface area contributed by atoms with Crippen LogP contribution in [0.25, 0.3) is 5.57 Å². The number of carbonyl (C=O) groups is 2. The van der Waals surface area contributed by atoms with Gasteiger partial charge in [-0.3, -0.25) is 14.5 Å². The summed E-state index contributed by atoms with van der Waals surface area (Å²) in [6.45, 7) is 0.382. The van der Waals surface area contributed by atoms with Gasteiger partial charge in [-0.25, -0.2) is 0 Å². The summed E-state index contributed by atoms with van der Waals surface area (Å²) in [5.41, 5.74) is 1.49. The Morgan fingerprint density at radius 3 is 2.31 bits per heavy atom. The number of anilines is 1. The lowest BCUT2D eigenvalue weighted by Crippen LogP contribution is -2.35. The second-order valence-corrected chi connectivity index (χ2v) is 6.64. The van der Waals surface area contributed by atoms with E-state index in [1.807, 2.05) is 0 Å². The second kappa shape index (κ2) is 8.98. The number of rotatable bonds is 8. The number of halogens is 1. The van der Waals surface area contributed by atoms with Crippen molar-refractivity contribution in [3.05, 3.63) is 58.7 Å². The van der Waals surface area contributed by atoms with Crippen molar-refractivity contribution in [2.75, 3.05) is 39.8 Å². The molecule has 2 amide bonds. The van der Waals surface area contributed by atoms with E-state index >= 15 is 0 Å². The minimum atomic E-state index is -0.443. The number of ether oxygens (including phenoxy) is 3. The van der Waals surface area contributed by atoms with Gasteiger partial charge in [0, 0.05) is 18.2 Å². The van der Waals surface area contributed by atoms with Gasteiger partial charge in [0.25, 0.3) is 11.8 Å². The third-order valence-corrected chi connectivity index (χ3v) is 4.74. The first-order chi connectivity index (χ1) is 14.0. The van der Waals surface area contributed by atoms with Gasteiger partial charge in [0.2, 0.25) is 0 Å². The van der Waals surface area contributed by atoms with Crippen molar-refractivity contribution in [3.8, 4) is 11.5 Å².